The van der Waals surface area contributed by atoms with Crippen molar-refractivity contribution < 1.29 is 53.5 Å². The van der Waals surface area contributed by atoms with E-state index in [0.717, 1.165) is 12.1 Å². The van der Waals surface area contributed by atoms with Crippen molar-refractivity contribution in [3.8, 4) is 0 Å². The molecule has 0 unspecified atom stereocenters. The van der Waals surface area contributed by atoms with E-state index in [1.54, 1.807) is 0 Å². The number of carbonyl (C=O) groups excluding carboxylic acids is 2. The van der Waals surface area contributed by atoms with Crippen LogP contribution in [0.25, 0.3) is 0 Å². The zero-order valence-corrected chi connectivity index (χ0v) is 25.1. The van der Waals surface area contributed by atoms with Gasteiger partial charge in [-0.1, -0.05) is 24.3 Å². The summed E-state index contributed by atoms with van der Waals surface area (Å²) < 4.78 is 121. The summed E-state index contributed by atoms with van der Waals surface area (Å²) in [4.78, 5) is 22.9. The number of sulfonamides is 2. The van der Waals surface area contributed by atoms with Crippen LogP contribution in [0.3, 0.4) is 0 Å². The van der Waals surface area contributed by atoms with Gasteiger partial charge >= 0.3 is 11.9 Å². The molecule has 0 aromatic heterocycles. The van der Waals surface area contributed by atoms with Gasteiger partial charge in [0.2, 0.25) is 20.0 Å². The Balaban J connectivity index is 2.08. The summed E-state index contributed by atoms with van der Waals surface area (Å²) in [5.41, 5.74) is 0.207. The van der Waals surface area contributed by atoms with Gasteiger partial charge in [0.25, 0.3) is 0 Å². The highest BCUT2D eigenvalue weighted by atomic mass is 32.2. The van der Waals surface area contributed by atoms with Gasteiger partial charge in [0.1, 0.15) is 46.1 Å². The Morgan fingerprint density at radius 1 is 0.636 bits per heavy atom. The number of carbonyl (C=O) groups is 2. The molecule has 0 heterocycles. The predicted octanol–water partition coefficient (Wildman–Crippen LogP) is 3.75. The van der Waals surface area contributed by atoms with Gasteiger partial charge in [-0.2, -0.15) is 8.61 Å². The molecule has 238 valence electrons. The van der Waals surface area contributed by atoms with Crippen LogP contribution in [0.5, 0.6) is 0 Å². The maximum absolute atomic E-state index is 14.6. The molecule has 0 aliphatic heterocycles. The van der Waals surface area contributed by atoms with E-state index in [4.69, 9.17) is 9.47 Å². The number of hydrogen-bond donors (Lipinski definition) is 0. The maximum Gasteiger partial charge on any atom is 0.321 e. The third-order valence-electron chi connectivity index (χ3n) is 6.06. The van der Waals surface area contributed by atoms with E-state index in [1.165, 1.54) is 38.1 Å². The van der Waals surface area contributed by atoms with Crippen molar-refractivity contribution in [1.29, 1.82) is 0 Å². The summed E-state index contributed by atoms with van der Waals surface area (Å²) in [6, 6.07) is 9.25. The van der Waals surface area contributed by atoms with Gasteiger partial charge in [-0.3, -0.25) is 9.59 Å². The second kappa shape index (κ2) is 14.7. The molecule has 3 rings (SSSR count). The molecule has 44 heavy (non-hydrogen) atoms. The smallest absolute Gasteiger partial charge is 0.321 e. The van der Waals surface area contributed by atoms with Gasteiger partial charge in [0.15, 0.2) is 0 Å². The molecule has 0 atom stereocenters. The van der Waals surface area contributed by atoms with Crippen LogP contribution in [0.15, 0.2) is 70.5 Å². The molecule has 0 spiro atoms. The minimum absolute atomic E-state index is 0.102. The topological polar surface area (TPSA) is 127 Å². The number of ether oxygens (including phenoxy) is 2. The van der Waals surface area contributed by atoms with E-state index >= 15 is 0 Å². The Labute approximate surface area is 251 Å². The molecule has 3 aromatic carbocycles. The zero-order chi connectivity index (χ0) is 32.7. The van der Waals surface area contributed by atoms with Crippen LogP contribution in [0.2, 0.25) is 0 Å². The lowest BCUT2D eigenvalue weighted by atomic mass is 10.1. The number of rotatable bonds is 14. The molecule has 3 aromatic rings. The minimum atomic E-state index is -4.81. The van der Waals surface area contributed by atoms with Crippen molar-refractivity contribution in [3.05, 3.63) is 95.1 Å². The van der Waals surface area contributed by atoms with E-state index in [1.807, 2.05) is 0 Å². The Kier molecular flexibility index (Phi) is 11.6. The molecule has 0 fully saturated rings. The van der Waals surface area contributed by atoms with Gasteiger partial charge in [-0.25, -0.2) is 34.4 Å². The lowest BCUT2D eigenvalue weighted by molar-refractivity contribution is -0.144. The molecule has 0 N–H and O–H groups in total. The molecular weight excluding hydrogens is 632 g/mol. The lowest BCUT2D eigenvalue weighted by Crippen LogP contribution is -2.38. The predicted molar refractivity (Wildman–Crippen MR) is 148 cm³/mol. The molecule has 0 radical (unpaired) electrons. The molecular formula is C28H28F4N2O8S2. The van der Waals surface area contributed by atoms with Gasteiger partial charge in [0, 0.05) is 25.2 Å². The molecule has 0 aliphatic rings. The molecule has 0 aliphatic carbocycles. The highest BCUT2D eigenvalue weighted by molar-refractivity contribution is 7.89. The Bertz CT molecular complexity index is 1610. The average molecular weight is 661 g/mol. The minimum Gasteiger partial charge on any atom is -0.465 e. The van der Waals surface area contributed by atoms with Crippen LogP contribution < -0.4 is 0 Å². The first kappa shape index (κ1) is 34.6. The highest BCUT2D eigenvalue weighted by Gasteiger charge is 2.33. The summed E-state index contributed by atoms with van der Waals surface area (Å²) in [5, 5.41) is 0. The van der Waals surface area contributed by atoms with Gasteiger partial charge in [-0.05, 0) is 49.2 Å². The van der Waals surface area contributed by atoms with E-state index in [9.17, 15) is 44.0 Å². The van der Waals surface area contributed by atoms with E-state index < -0.39 is 91.2 Å². The first-order valence-electron chi connectivity index (χ1n) is 13.0. The fourth-order valence-electron chi connectivity index (χ4n) is 4.05. The average Bonchev–Trinajstić information content (AvgIpc) is 2.93. The fraction of sp³-hybridized carbons (Fsp3) is 0.286. The highest BCUT2D eigenvalue weighted by Crippen LogP contribution is 2.26. The maximum atomic E-state index is 14.6. The van der Waals surface area contributed by atoms with E-state index in [2.05, 4.69) is 0 Å². The fourth-order valence-corrected chi connectivity index (χ4v) is 6.86. The van der Waals surface area contributed by atoms with Gasteiger partial charge in [-0.15, -0.1) is 0 Å². The van der Waals surface area contributed by atoms with Crippen molar-refractivity contribution in [1.82, 2.24) is 8.61 Å². The second-order valence-corrected chi connectivity index (χ2v) is 12.9. The zero-order valence-electron chi connectivity index (χ0n) is 23.5. The van der Waals surface area contributed by atoms with Crippen molar-refractivity contribution in [2.24, 2.45) is 0 Å². The largest absolute Gasteiger partial charge is 0.465 e. The third-order valence-corrected chi connectivity index (χ3v) is 9.71. The monoisotopic (exact) mass is 660 g/mol. The summed E-state index contributed by atoms with van der Waals surface area (Å²) in [6.07, 6.45) is 0. The van der Waals surface area contributed by atoms with Crippen molar-refractivity contribution in [2.75, 3.05) is 26.3 Å². The Morgan fingerprint density at radius 2 is 1.00 bits per heavy atom. The number of benzene rings is 3. The molecule has 0 saturated heterocycles. The summed E-state index contributed by atoms with van der Waals surface area (Å²) in [5.74, 6) is -6.89. The van der Waals surface area contributed by atoms with Crippen molar-refractivity contribution >= 4 is 32.0 Å². The summed E-state index contributed by atoms with van der Waals surface area (Å²) >= 11 is 0. The SMILES string of the molecule is CCOC(=O)CN(Cc1ccccc1CN(CC(=O)OCC)S(=O)(=O)c1ccc(F)cc1F)S(=O)(=O)c1ccc(F)cc1F. The molecule has 16 heteroatoms. The number of esters is 2. The van der Waals surface area contributed by atoms with Gasteiger partial charge < -0.3 is 9.47 Å². The van der Waals surface area contributed by atoms with Gasteiger partial charge in [0.05, 0.1) is 13.2 Å². The molecule has 0 saturated carbocycles. The Hall–Kier alpha value is -3.86. The number of nitrogens with zero attached hydrogens (tertiary/aromatic N) is 2. The molecule has 10 nitrogen and oxygen atoms in total. The number of halogens is 4. The van der Waals surface area contributed by atoms with Crippen LogP contribution in [-0.4, -0.2) is 63.7 Å². The normalized spacial score (nSPS) is 12.0. The molecule has 0 amide bonds. The van der Waals surface area contributed by atoms with E-state index in [-0.39, 0.29) is 24.3 Å². The van der Waals surface area contributed by atoms with Crippen molar-refractivity contribution in [3.63, 3.8) is 0 Å². The van der Waals surface area contributed by atoms with Crippen LogP contribution >= 0.6 is 0 Å². The van der Waals surface area contributed by atoms with Crippen LogP contribution in [0.1, 0.15) is 25.0 Å². The standard InChI is InChI=1S/C28H28F4N2O8S2/c1-3-41-27(35)17-33(43(37,38)25-11-9-21(29)13-23(25)31)15-19-7-5-6-8-20(19)16-34(18-28(36)42-4-2)44(39,40)26-12-10-22(30)14-24(26)32/h5-14H,3-4,15-18H2,1-2H3. The van der Waals surface area contributed by atoms with E-state index in [0.29, 0.717) is 32.9 Å². The lowest BCUT2D eigenvalue weighted by Gasteiger charge is -2.25. The summed E-state index contributed by atoms with van der Waals surface area (Å²) in [7, 11) is -9.63. The second-order valence-electron chi connectivity index (χ2n) is 9.07. The third kappa shape index (κ3) is 8.40. The molecule has 0 bridgehead atoms. The van der Waals surface area contributed by atoms with Crippen LogP contribution in [0.4, 0.5) is 17.6 Å². The quantitative estimate of drug-likeness (QED) is 0.189. The first-order valence-corrected chi connectivity index (χ1v) is 15.9. The van der Waals surface area contributed by atoms with Crippen molar-refractivity contribution in [2.45, 2.75) is 36.7 Å². The number of hydrogen-bond acceptors (Lipinski definition) is 8. The Morgan fingerprint density at radius 3 is 1.32 bits per heavy atom. The van der Waals surface area contributed by atoms with Crippen LogP contribution in [0, 0.1) is 23.3 Å². The summed E-state index contributed by atoms with van der Waals surface area (Å²) in [6.45, 7) is -0.301. The van der Waals surface area contributed by atoms with Crippen LogP contribution in [-0.2, 0) is 52.2 Å². The first-order chi connectivity index (χ1) is 20.7.